The summed E-state index contributed by atoms with van der Waals surface area (Å²) in [7, 11) is 0. The predicted octanol–water partition coefficient (Wildman–Crippen LogP) is 2.18. The summed E-state index contributed by atoms with van der Waals surface area (Å²) < 4.78 is 7.94. The van der Waals surface area contributed by atoms with Crippen LogP contribution in [0.3, 0.4) is 0 Å². The highest BCUT2D eigenvalue weighted by molar-refractivity contribution is 5.92. The zero-order valence-electron chi connectivity index (χ0n) is 22.2. The third kappa shape index (κ3) is 5.99. The second-order valence-corrected chi connectivity index (χ2v) is 10.8. The number of carbonyl (C=O) groups excluding carboxylic acids is 2. The van der Waals surface area contributed by atoms with Crippen molar-refractivity contribution in [3.8, 4) is 0 Å². The van der Waals surface area contributed by atoms with Gasteiger partial charge >= 0.3 is 11.7 Å². The van der Waals surface area contributed by atoms with Crippen molar-refractivity contribution in [3.05, 3.63) is 61.2 Å². The second kappa shape index (κ2) is 11.0. The lowest BCUT2D eigenvalue weighted by Gasteiger charge is -2.33. The number of benzene rings is 1. The monoisotopic (exact) mass is 538 g/mol. The summed E-state index contributed by atoms with van der Waals surface area (Å²) in [5.41, 5.74) is 0.0316. The van der Waals surface area contributed by atoms with Gasteiger partial charge in [0.15, 0.2) is 0 Å². The van der Waals surface area contributed by atoms with Gasteiger partial charge in [0.2, 0.25) is 5.91 Å². The molecule has 1 aliphatic carbocycles. The first-order valence-electron chi connectivity index (χ1n) is 13.5. The van der Waals surface area contributed by atoms with Gasteiger partial charge in [0.1, 0.15) is 5.76 Å². The topological polar surface area (TPSA) is 151 Å². The maximum atomic E-state index is 13.3. The first kappa shape index (κ1) is 26.5. The van der Waals surface area contributed by atoms with Crippen LogP contribution in [0.4, 0.5) is 10.5 Å². The van der Waals surface area contributed by atoms with Gasteiger partial charge < -0.3 is 20.1 Å². The lowest BCUT2D eigenvalue weighted by Crippen LogP contribution is -2.50. The van der Waals surface area contributed by atoms with Gasteiger partial charge in [-0.15, -0.1) is 0 Å². The fourth-order valence-electron chi connectivity index (χ4n) is 5.14. The van der Waals surface area contributed by atoms with E-state index in [1.165, 1.54) is 10.6 Å². The fourth-order valence-corrected chi connectivity index (χ4v) is 5.14. The van der Waals surface area contributed by atoms with Crippen molar-refractivity contribution in [2.45, 2.75) is 71.0 Å². The Labute approximate surface area is 223 Å². The molecule has 0 bridgehead atoms. The number of piperidine rings is 1. The number of urea groups is 1. The molecule has 0 spiro atoms. The van der Waals surface area contributed by atoms with Gasteiger partial charge in [-0.2, -0.15) is 5.16 Å². The number of anilines is 1. The van der Waals surface area contributed by atoms with Crippen molar-refractivity contribution in [1.82, 2.24) is 24.5 Å². The Morgan fingerprint density at radius 3 is 2.62 bits per heavy atom. The zero-order chi connectivity index (χ0) is 27.7. The van der Waals surface area contributed by atoms with Gasteiger partial charge in [-0.3, -0.25) is 23.5 Å². The van der Waals surface area contributed by atoms with E-state index < -0.39 is 0 Å². The minimum absolute atomic E-state index is 0.131. The third-order valence-corrected chi connectivity index (χ3v) is 7.32. The Morgan fingerprint density at radius 2 is 1.92 bits per heavy atom. The standard InChI is InChI=1S/C27H34N6O6/c1-16(2)33-22-9-7-18(12-21(22)25(36)32(27(33)38)14-17-5-6-17)29-26(37)31-11-3-4-19(15-31)28-23(34)10-8-20-13-24(35)30-39-20/h7,9,12-13,16-17,19H,3-6,8,10-11,14-15H2,1-2H3,(H,28,34)(H,29,37)(H,30,35). The number of rotatable bonds is 8. The molecule has 3 heterocycles. The molecule has 1 atom stereocenters. The van der Waals surface area contributed by atoms with Crippen LogP contribution in [-0.2, 0) is 17.8 Å². The highest BCUT2D eigenvalue weighted by Crippen LogP contribution is 2.30. The van der Waals surface area contributed by atoms with Crippen LogP contribution in [0.1, 0.15) is 57.8 Å². The lowest BCUT2D eigenvalue weighted by atomic mass is 10.1. The number of H-pyrrole nitrogens is 1. The van der Waals surface area contributed by atoms with Crippen molar-refractivity contribution >= 4 is 28.5 Å². The number of aromatic amines is 1. The van der Waals surface area contributed by atoms with E-state index in [-0.39, 0.29) is 47.3 Å². The number of aromatic nitrogens is 3. The fraction of sp³-hybridized carbons (Fsp3) is 0.519. The highest BCUT2D eigenvalue weighted by atomic mass is 16.5. The summed E-state index contributed by atoms with van der Waals surface area (Å²) in [6.45, 7) is 5.13. The predicted molar refractivity (Wildman–Crippen MR) is 145 cm³/mol. The van der Waals surface area contributed by atoms with Crippen molar-refractivity contribution in [2.75, 3.05) is 18.4 Å². The van der Waals surface area contributed by atoms with E-state index in [9.17, 15) is 24.0 Å². The van der Waals surface area contributed by atoms with E-state index in [0.717, 1.165) is 25.7 Å². The molecule has 1 unspecified atom stereocenters. The van der Waals surface area contributed by atoms with Crippen LogP contribution in [0, 0.1) is 5.92 Å². The molecule has 3 N–H and O–H groups in total. The first-order chi connectivity index (χ1) is 18.7. The van der Waals surface area contributed by atoms with Crippen molar-refractivity contribution in [3.63, 3.8) is 0 Å². The van der Waals surface area contributed by atoms with Crippen LogP contribution in [0.5, 0.6) is 0 Å². The maximum absolute atomic E-state index is 13.3. The van der Waals surface area contributed by atoms with E-state index in [1.54, 1.807) is 27.7 Å². The Morgan fingerprint density at radius 1 is 1.13 bits per heavy atom. The van der Waals surface area contributed by atoms with Crippen molar-refractivity contribution in [2.24, 2.45) is 5.92 Å². The van der Waals surface area contributed by atoms with Crippen molar-refractivity contribution in [1.29, 1.82) is 0 Å². The minimum atomic E-state index is -0.344. The summed E-state index contributed by atoms with van der Waals surface area (Å²) in [5, 5.41) is 8.43. The molecule has 3 aromatic rings. The Kier molecular flexibility index (Phi) is 7.45. The molecule has 2 aliphatic rings. The number of nitrogens with one attached hydrogen (secondary N) is 3. The molecule has 0 radical (unpaired) electrons. The lowest BCUT2D eigenvalue weighted by molar-refractivity contribution is -0.122. The maximum Gasteiger partial charge on any atom is 0.331 e. The number of amides is 3. The summed E-state index contributed by atoms with van der Waals surface area (Å²) in [5.74, 6) is 0.595. The Hall–Kier alpha value is -4.09. The van der Waals surface area contributed by atoms with Crippen molar-refractivity contribution < 1.29 is 14.1 Å². The Bertz CT molecular complexity index is 1560. The minimum Gasteiger partial charge on any atom is -0.384 e. The normalized spacial score (nSPS) is 17.5. The SMILES string of the molecule is CC(C)n1c(=O)n(CC2CC2)c(=O)c2cc(NC(=O)N3CCCC(NC(=O)CCc4cc(=O)[nH]o4)C3)ccc21. The van der Waals surface area contributed by atoms with Gasteiger partial charge in [-0.1, -0.05) is 0 Å². The molecule has 3 amide bonds. The van der Waals surface area contributed by atoms with Crippen LogP contribution in [-0.4, -0.2) is 50.3 Å². The molecule has 1 aromatic carbocycles. The number of aryl methyl sites for hydroxylation is 1. The molecule has 1 saturated carbocycles. The Balaban J connectivity index is 1.26. The van der Waals surface area contributed by atoms with E-state index >= 15 is 0 Å². The molecule has 1 aliphatic heterocycles. The first-order valence-corrected chi connectivity index (χ1v) is 13.5. The third-order valence-electron chi connectivity index (χ3n) is 7.32. The molecule has 5 rings (SSSR count). The van der Waals surface area contributed by atoms with Gasteiger partial charge in [-0.25, -0.2) is 9.59 Å². The molecule has 12 nitrogen and oxygen atoms in total. The quantitative estimate of drug-likeness (QED) is 0.400. The van der Waals surface area contributed by atoms with Crippen LogP contribution >= 0.6 is 0 Å². The average molecular weight is 539 g/mol. The molecule has 2 aromatic heterocycles. The van der Waals surface area contributed by atoms with E-state index in [0.29, 0.717) is 54.3 Å². The van der Waals surface area contributed by atoms with Crippen LogP contribution in [0.2, 0.25) is 0 Å². The largest absolute Gasteiger partial charge is 0.384 e. The second-order valence-electron chi connectivity index (χ2n) is 10.8. The molecular formula is C27H34N6O6. The van der Waals surface area contributed by atoms with Gasteiger partial charge in [0.25, 0.3) is 11.1 Å². The number of likely N-dealkylation sites (tertiary alicyclic amines) is 1. The molecule has 1 saturated heterocycles. The number of hydrogen-bond donors (Lipinski definition) is 3. The van der Waals surface area contributed by atoms with Gasteiger partial charge in [0.05, 0.1) is 10.9 Å². The summed E-state index contributed by atoms with van der Waals surface area (Å²) in [4.78, 5) is 64.7. The van der Waals surface area contributed by atoms with E-state index in [2.05, 4.69) is 15.8 Å². The number of nitrogens with zero attached hydrogens (tertiary/aromatic N) is 3. The number of hydrogen-bond acceptors (Lipinski definition) is 6. The van der Waals surface area contributed by atoms with E-state index in [4.69, 9.17) is 4.52 Å². The number of fused-ring (bicyclic) bond motifs is 1. The van der Waals surface area contributed by atoms with Crippen LogP contribution in [0.25, 0.3) is 10.9 Å². The molecular weight excluding hydrogens is 504 g/mol. The average Bonchev–Trinajstić information content (AvgIpc) is 3.63. The smallest absolute Gasteiger partial charge is 0.331 e. The molecule has 39 heavy (non-hydrogen) atoms. The number of carbonyl (C=O) groups is 2. The van der Waals surface area contributed by atoms with Gasteiger partial charge in [-0.05, 0) is 63.6 Å². The zero-order valence-corrected chi connectivity index (χ0v) is 22.2. The van der Waals surface area contributed by atoms with E-state index in [1.807, 2.05) is 13.8 Å². The van der Waals surface area contributed by atoms with Gasteiger partial charge in [0, 0.05) is 56.3 Å². The summed E-state index contributed by atoms with van der Waals surface area (Å²) in [6.07, 6.45) is 3.98. The molecule has 208 valence electrons. The molecule has 2 fully saturated rings. The molecule has 12 heteroatoms. The van der Waals surface area contributed by atoms with Crippen LogP contribution in [0.15, 0.2) is 43.2 Å². The summed E-state index contributed by atoms with van der Waals surface area (Å²) >= 11 is 0. The summed E-state index contributed by atoms with van der Waals surface area (Å²) in [6, 6.07) is 5.72. The highest BCUT2D eigenvalue weighted by Gasteiger charge is 2.27. The van der Waals surface area contributed by atoms with Crippen LogP contribution < -0.4 is 27.4 Å².